The largest absolute Gasteiger partial charge is 0.476 e. The highest BCUT2D eigenvalue weighted by Crippen LogP contribution is 2.35. The number of benzene rings is 1. The van der Waals surface area contributed by atoms with Gasteiger partial charge >= 0.3 is 0 Å². The minimum absolute atomic E-state index is 0.112. The van der Waals surface area contributed by atoms with E-state index in [-0.39, 0.29) is 10.8 Å². The fraction of sp³-hybridized carbons (Fsp3) is 0.500. The van der Waals surface area contributed by atoms with Crippen molar-refractivity contribution in [2.45, 2.75) is 44.1 Å². The summed E-state index contributed by atoms with van der Waals surface area (Å²) in [7, 11) is -3.57. The summed E-state index contributed by atoms with van der Waals surface area (Å²) in [5, 5.41) is 2.67. The third-order valence-electron chi connectivity index (χ3n) is 3.24. The lowest BCUT2D eigenvalue weighted by molar-refractivity contribution is -0.129. The van der Waals surface area contributed by atoms with Gasteiger partial charge in [0.25, 0.3) is 5.91 Å². The standard InChI is InChI=1S/C14H20N2O4S/c1-4-5-8-15-21(18,19)10-6-7-12-11(9-10)16-13(17)14(2,3)20-12/h6-7,9,15H,4-5,8H2,1-3H3,(H,16,17). The summed E-state index contributed by atoms with van der Waals surface area (Å²) in [6, 6.07) is 4.45. The van der Waals surface area contributed by atoms with Crippen molar-refractivity contribution in [3.8, 4) is 5.75 Å². The van der Waals surface area contributed by atoms with Gasteiger partial charge in [-0.3, -0.25) is 4.79 Å². The number of anilines is 1. The number of fused-ring (bicyclic) bond motifs is 1. The lowest BCUT2D eigenvalue weighted by atomic mass is 10.1. The number of rotatable bonds is 5. The van der Waals surface area contributed by atoms with Crippen LogP contribution in [0, 0.1) is 0 Å². The second-order valence-electron chi connectivity index (χ2n) is 5.48. The summed E-state index contributed by atoms with van der Waals surface area (Å²) < 4.78 is 32.4. The topological polar surface area (TPSA) is 84.5 Å². The van der Waals surface area contributed by atoms with Crippen LogP contribution in [0.15, 0.2) is 23.1 Å². The van der Waals surface area contributed by atoms with Crippen LogP contribution in [0.3, 0.4) is 0 Å². The van der Waals surface area contributed by atoms with E-state index in [1.165, 1.54) is 12.1 Å². The molecule has 0 atom stereocenters. The molecule has 1 aromatic rings. The number of unbranched alkanes of at least 4 members (excludes halogenated alkanes) is 1. The van der Waals surface area contributed by atoms with Crippen LogP contribution in [0.4, 0.5) is 5.69 Å². The van der Waals surface area contributed by atoms with Gasteiger partial charge in [-0.25, -0.2) is 13.1 Å². The molecule has 7 heteroatoms. The van der Waals surface area contributed by atoms with E-state index in [0.29, 0.717) is 18.0 Å². The summed E-state index contributed by atoms with van der Waals surface area (Å²) >= 11 is 0. The summed E-state index contributed by atoms with van der Waals surface area (Å²) in [5.74, 6) is 0.163. The summed E-state index contributed by atoms with van der Waals surface area (Å²) in [6.45, 7) is 5.69. The second-order valence-corrected chi connectivity index (χ2v) is 7.24. The molecule has 0 aliphatic carbocycles. The highest BCUT2D eigenvalue weighted by Gasteiger charge is 2.35. The zero-order valence-corrected chi connectivity index (χ0v) is 13.2. The summed E-state index contributed by atoms with van der Waals surface area (Å²) in [4.78, 5) is 12.0. The quantitative estimate of drug-likeness (QED) is 0.813. The van der Waals surface area contributed by atoms with E-state index in [9.17, 15) is 13.2 Å². The summed E-state index contributed by atoms with van der Waals surface area (Å²) in [5.41, 5.74) is -0.593. The molecule has 0 unspecified atom stereocenters. The van der Waals surface area contributed by atoms with Gasteiger partial charge in [-0.05, 0) is 38.5 Å². The van der Waals surface area contributed by atoms with Crippen molar-refractivity contribution in [3.63, 3.8) is 0 Å². The van der Waals surface area contributed by atoms with Gasteiger partial charge in [0.1, 0.15) is 5.75 Å². The SMILES string of the molecule is CCCCNS(=O)(=O)c1ccc2c(c1)NC(=O)C(C)(C)O2. The van der Waals surface area contributed by atoms with Gasteiger partial charge in [-0.1, -0.05) is 13.3 Å². The molecule has 1 aliphatic heterocycles. The number of carbonyl (C=O) groups is 1. The lowest BCUT2D eigenvalue weighted by Gasteiger charge is -2.31. The van der Waals surface area contributed by atoms with E-state index in [1.807, 2.05) is 6.92 Å². The normalized spacial score (nSPS) is 16.8. The number of hydrogen-bond donors (Lipinski definition) is 2. The number of ether oxygens (including phenoxy) is 1. The number of carbonyl (C=O) groups excluding carboxylic acids is 1. The molecular formula is C14H20N2O4S. The molecule has 0 fully saturated rings. The Labute approximate surface area is 124 Å². The van der Waals surface area contributed by atoms with Crippen molar-refractivity contribution in [2.24, 2.45) is 0 Å². The first-order valence-electron chi connectivity index (χ1n) is 6.90. The van der Waals surface area contributed by atoms with Crippen LogP contribution in [-0.2, 0) is 14.8 Å². The number of amides is 1. The van der Waals surface area contributed by atoms with E-state index in [4.69, 9.17) is 4.74 Å². The average Bonchev–Trinajstić information content (AvgIpc) is 2.39. The lowest BCUT2D eigenvalue weighted by Crippen LogP contribution is -2.45. The van der Waals surface area contributed by atoms with Crippen molar-refractivity contribution < 1.29 is 17.9 Å². The Hall–Kier alpha value is -1.60. The van der Waals surface area contributed by atoms with Crippen molar-refractivity contribution >= 4 is 21.6 Å². The zero-order chi connectivity index (χ0) is 15.7. The molecule has 0 aromatic heterocycles. The zero-order valence-electron chi connectivity index (χ0n) is 12.4. The maximum absolute atomic E-state index is 12.1. The molecule has 1 aliphatic rings. The van der Waals surface area contributed by atoms with Gasteiger partial charge in [-0.15, -0.1) is 0 Å². The van der Waals surface area contributed by atoms with Gasteiger partial charge in [0.15, 0.2) is 5.60 Å². The van der Waals surface area contributed by atoms with E-state index in [1.54, 1.807) is 19.9 Å². The molecule has 0 radical (unpaired) electrons. The molecule has 21 heavy (non-hydrogen) atoms. The number of nitrogens with one attached hydrogen (secondary N) is 2. The first-order valence-corrected chi connectivity index (χ1v) is 8.39. The fourth-order valence-electron chi connectivity index (χ4n) is 1.92. The monoisotopic (exact) mass is 312 g/mol. The Kier molecular flexibility index (Phi) is 4.25. The van der Waals surface area contributed by atoms with Crippen LogP contribution in [0.2, 0.25) is 0 Å². The fourth-order valence-corrected chi connectivity index (χ4v) is 3.02. The molecule has 0 saturated carbocycles. The minimum Gasteiger partial charge on any atom is -0.476 e. The molecule has 1 heterocycles. The van der Waals surface area contributed by atoms with Crippen molar-refractivity contribution in [1.82, 2.24) is 4.72 Å². The van der Waals surface area contributed by atoms with Crippen molar-refractivity contribution in [3.05, 3.63) is 18.2 Å². The Morgan fingerprint density at radius 1 is 1.33 bits per heavy atom. The predicted octanol–water partition coefficient (Wildman–Crippen LogP) is 1.87. The Balaban J connectivity index is 2.26. The van der Waals surface area contributed by atoms with Crippen LogP contribution in [-0.4, -0.2) is 26.5 Å². The molecule has 0 spiro atoms. The second kappa shape index (κ2) is 5.65. The Morgan fingerprint density at radius 2 is 2.05 bits per heavy atom. The van der Waals surface area contributed by atoms with Crippen molar-refractivity contribution in [2.75, 3.05) is 11.9 Å². The predicted molar refractivity (Wildman–Crippen MR) is 79.9 cm³/mol. The molecule has 0 saturated heterocycles. The van der Waals surface area contributed by atoms with Gasteiger partial charge in [0.2, 0.25) is 10.0 Å². The molecule has 2 rings (SSSR count). The van der Waals surface area contributed by atoms with E-state index in [0.717, 1.165) is 12.8 Å². The maximum Gasteiger partial charge on any atom is 0.268 e. The van der Waals surface area contributed by atoms with Crippen LogP contribution in [0.25, 0.3) is 0 Å². The first kappa shape index (κ1) is 15.8. The molecular weight excluding hydrogens is 292 g/mol. The van der Waals surface area contributed by atoms with Crippen LogP contribution in [0.5, 0.6) is 5.75 Å². The third kappa shape index (κ3) is 3.36. The Bertz CT molecular complexity index is 653. The van der Waals surface area contributed by atoms with E-state index < -0.39 is 15.6 Å². The highest BCUT2D eigenvalue weighted by molar-refractivity contribution is 7.89. The van der Waals surface area contributed by atoms with E-state index >= 15 is 0 Å². The first-order chi connectivity index (χ1) is 9.76. The summed E-state index contributed by atoms with van der Waals surface area (Å²) in [6.07, 6.45) is 1.68. The third-order valence-corrected chi connectivity index (χ3v) is 4.70. The van der Waals surface area contributed by atoms with Gasteiger partial charge < -0.3 is 10.1 Å². The van der Waals surface area contributed by atoms with E-state index in [2.05, 4.69) is 10.0 Å². The number of sulfonamides is 1. The van der Waals surface area contributed by atoms with Crippen LogP contribution in [0.1, 0.15) is 33.6 Å². The smallest absolute Gasteiger partial charge is 0.268 e. The minimum atomic E-state index is -3.57. The molecule has 6 nitrogen and oxygen atoms in total. The molecule has 116 valence electrons. The average molecular weight is 312 g/mol. The van der Waals surface area contributed by atoms with Gasteiger partial charge in [-0.2, -0.15) is 0 Å². The van der Waals surface area contributed by atoms with Crippen LogP contribution < -0.4 is 14.8 Å². The van der Waals surface area contributed by atoms with Gasteiger partial charge in [0, 0.05) is 6.54 Å². The molecule has 0 bridgehead atoms. The molecule has 1 aromatic carbocycles. The number of hydrogen-bond acceptors (Lipinski definition) is 4. The van der Waals surface area contributed by atoms with Gasteiger partial charge in [0.05, 0.1) is 10.6 Å². The van der Waals surface area contributed by atoms with Crippen LogP contribution >= 0.6 is 0 Å². The molecule has 1 amide bonds. The maximum atomic E-state index is 12.1. The molecule has 2 N–H and O–H groups in total. The van der Waals surface area contributed by atoms with Crippen molar-refractivity contribution in [1.29, 1.82) is 0 Å². The Morgan fingerprint density at radius 3 is 2.71 bits per heavy atom. The highest BCUT2D eigenvalue weighted by atomic mass is 32.2.